The van der Waals surface area contributed by atoms with E-state index in [0.29, 0.717) is 6.04 Å². The second kappa shape index (κ2) is 7.07. The van der Waals surface area contributed by atoms with Gasteiger partial charge in [-0.15, -0.1) is 0 Å². The number of hydrogen-bond donors (Lipinski definition) is 3. The van der Waals surface area contributed by atoms with Gasteiger partial charge in [-0.3, -0.25) is 4.90 Å². The Morgan fingerprint density at radius 3 is 2.78 bits per heavy atom. The first-order chi connectivity index (χ1) is 8.45. The SMILES string of the molecule is CCCCN(CC1CCCN1)CC(C)(O)C(=O)O. The molecule has 3 N–H and O–H groups in total. The first kappa shape index (κ1) is 15.4. The molecule has 0 aromatic rings. The van der Waals surface area contributed by atoms with Crippen molar-refractivity contribution < 1.29 is 15.0 Å². The standard InChI is InChI=1S/C13H26N2O3/c1-3-4-8-15(9-11-6-5-7-14-11)10-13(2,18)12(16)17/h11,14,18H,3-10H2,1-2H3,(H,16,17). The third-order valence-electron chi connectivity index (χ3n) is 3.46. The lowest BCUT2D eigenvalue weighted by atomic mass is 10.1. The zero-order chi connectivity index (χ0) is 13.6. The van der Waals surface area contributed by atoms with Crippen LogP contribution in [-0.2, 0) is 4.79 Å². The van der Waals surface area contributed by atoms with E-state index >= 15 is 0 Å². The van der Waals surface area contributed by atoms with Crippen LogP contribution in [0.25, 0.3) is 0 Å². The van der Waals surface area contributed by atoms with E-state index in [-0.39, 0.29) is 6.54 Å². The number of nitrogens with zero attached hydrogens (tertiary/aromatic N) is 1. The van der Waals surface area contributed by atoms with Gasteiger partial charge in [-0.2, -0.15) is 0 Å². The largest absolute Gasteiger partial charge is 0.479 e. The number of rotatable bonds is 8. The molecule has 2 unspecified atom stereocenters. The Balaban J connectivity index is 2.50. The van der Waals surface area contributed by atoms with Crippen LogP contribution >= 0.6 is 0 Å². The zero-order valence-electron chi connectivity index (χ0n) is 11.5. The molecule has 1 aliphatic rings. The van der Waals surface area contributed by atoms with Crippen LogP contribution in [0.2, 0.25) is 0 Å². The van der Waals surface area contributed by atoms with Crippen LogP contribution in [-0.4, -0.2) is 58.9 Å². The Bertz CT molecular complexity index is 263. The number of carboxylic acid groups (broad SMARTS) is 1. The minimum absolute atomic E-state index is 0.195. The van der Waals surface area contributed by atoms with Gasteiger partial charge in [-0.25, -0.2) is 4.79 Å². The lowest BCUT2D eigenvalue weighted by Crippen LogP contribution is -2.49. The number of aliphatic carboxylic acids is 1. The molecule has 0 spiro atoms. The van der Waals surface area contributed by atoms with Gasteiger partial charge < -0.3 is 15.5 Å². The van der Waals surface area contributed by atoms with Crippen molar-refractivity contribution in [2.75, 3.05) is 26.2 Å². The lowest BCUT2D eigenvalue weighted by Gasteiger charge is -2.30. The molecule has 2 atom stereocenters. The van der Waals surface area contributed by atoms with Crippen molar-refractivity contribution in [3.05, 3.63) is 0 Å². The van der Waals surface area contributed by atoms with Gasteiger partial charge in [0.1, 0.15) is 0 Å². The highest BCUT2D eigenvalue weighted by Crippen LogP contribution is 2.12. The molecule has 0 radical (unpaired) electrons. The van der Waals surface area contributed by atoms with Crippen molar-refractivity contribution in [2.24, 2.45) is 0 Å². The Morgan fingerprint density at radius 1 is 1.56 bits per heavy atom. The summed E-state index contributed by atoms with van der Waals surface area (Å²) < 4.78 is 0. The van der Waals surface area contributed by atoms with E-state index in [1.807, 2.05) is 0 Å². The second-order valence-electron chi connectivity index (χ2n) is 5.46. The van der Waals surface area contributed by atoms with Crippen LogP contribution in [0, 0.1) is 0 Å². The van der Waals surface area contributed by atoms with Gasteiger partial charge in [-0.1, -0.05) is 13.3 Å². The molecular formula is C13H26N2O3. The molecule has 18 heavy (non-hydrogen) atoms. The fourth-order valence-electron chi connectivity index (χ4n) is 2.34. The highest BCUT2D eigenvalue weighted by molar-refractivity contribution is 5.76. The molecule has 5 heteroatoms. The average Bonchev–Trinajstić information content (AvgIpc) is 2.78. The molecule has 1 aliphatic heterocycles. The molecule has 0 amide bonds. The molecule has 106 valence electrons. The summed E-state index contributed by atoms with van der Waals surface area (Å²) in [6, 6.07) is 0.437. The van der Waals surface area contributed by atoms with E-state index in [4.69, 9.17) is 5.11 Å². The highest BCUT2D eigenvalue weighted by atomic mass is 16.4. The molecule has 5 nitrogen and oxygen atoms in total. The van der Waals surface area contributed by atoms with Crippen molar-refractivity contribution in [2.45, 2.75) is 51.2 Å². The fourth-order valence-corrected chi connectivity index (χ4v) is 2.34. The number of carbonyl (C=O) groups is 1. The zero-order valence-corrected chi connectivity index (χ0v) is 11.5. The first-order valence-electron chi connectivity index (χ1n) is 6.87. The number of hydrogen-bond acceptors (Lipinski definition) is 4. The Kier molecular flexibility index (Phi) is 6.05. The second-order valence-corrected chi connectivity index (χ2v) is 5.46. The van der Waals surface area contributed by atoms with Crippen molar-refractivity contribution in [1.82, 2.24) is 10.2 Å². The van der Waals surface area contributed by atoms with Crippen molar-refractivity contribution >= 4 is 5.97 Å². The van der Waals surface area contributed by atoms with Crippen LogP contribution in [0.4, 0.5) is 0 Å². The number of unbranched alkanes of at least 4 members (excludes halogenated alkanes) is 1. The summed E-state index contributed by atoms with van der Waals surface area (Å²) in [5.41, 5.74) is -1.66. The maximum absolute atomic E-state index is 11.0. The van der Waals surface area contributed by atoms with Crippen molar-refractivity contribution in [3.8, 4) is 0 Å². The molecule has 1 saturated heterocycles. The van der Waals surface area contributed by atoms with E-state index in [2.05, 4.69) is 17.1 Å². The van der Waals surface area contributed by atoms with Crippen LogP contribution in [0.1, 0.15) is 39.5 Å². The van der Waals surface area contributed by atoms with Gasteiger partial charge in [0.05, 0.1) is 0 Å². The summed E-state index contributed by atoms with van der Waals surface area (Å²) in [6.07, 6.45) is 4.42. The summed E-state index contributed by atoms with van der Waals surface area (Å²) in [6.45, 7) is 6.39. The average molecular weight is 258 g/mol. The number of carboxylic acids is 1. The minimum atomic E-state index is -1.66. The van der Waals surface area contributed by atoms with E-state index in [1.165, 1.54) is 13.3 Å². The molecular weight excluding hydrogens is 232 g/mol. The van der Waals surface area contributed by atoms with Crippen molar-refractivity contribution in [1.29, 1.82) is 0 Å². The first-order valence-corrected chi connectivity index (χ1v) is 6.87. The fraction of sp³-hybridized carbons (Fsp3) is 0.923. The van der Waals surface area contributed by atoms with E-state index in [0.717, 1.165) is 38.9 Å². The molecule has 0 aliphatic carbocycles. The van der Waals surface area contributed by atoms with E-state index in [1.54, 1.807) is 0 Å². The summed E-state index contributed by atoms with van der Waals surface area (Å²) in [7, 11) is 0. The smallest absolute Gasteiger partial charge is 0.336 e. The van der Waals surface area contributed by atoms with Gasteiger partial charge in [0, 0.05) is 19.1 Å². The summed E-state index contributed by atoms with van der Waals surface area (Å²) in [4.78, 5) is 13.0. The summed E-state index contributed by atoms with van der Waals surface area (Å²) >= 11 is 0. The third-order valence-corrected chi connectivity index (χ3v) is 3.46. The molecule has 1 rings (SSSR count). The summed E-state index contributed by atoms with van der Waals surface area (Å²) in [5, 5.41) is 22.3. The predicted octanol–water partition coefficient (Wildman–Crippen LogP) is 0.676. The van der Waals surface area contributed by atoms with E-state index in [9.17, 15) is 9.90 Å². The van der Waals surface area contributed by atoms with Gasteiger partial charge in [-0.05, 0) is 39.3 Å². The summed E-state index contributed by atoms with van der Waals surface area (Å²) in [5.74, 6) is -1.15. The Labute approximate surface area is 109 Å². The monoisotopic (exact) mass is 258 g/mol. The van der Waals surface area contributed by atoms with Crippen LogP contribution in [0.3, 0.4) is 0 Å². The highest BCUT2D eigenvalue weighted by Gasteiger charge is 2.33. The molecule has 1 heterocycles. The van der Waals surface area contributed by atoms with Crippen molar-refractivity contribution in [3.63, 3.8) is 0 Å². The van der Waals surface area contributed by atoms with Crippen LogP contribution in [0.5, 0.6) is 0 Å². The molecule has 0 aromatic carbocycles. The maximum Gasteiger partial charge on any atom is 0.336 e. The van der Waals surface area contributed by atoms with Crippen LogP contribution in [0.15, 0.2) is 0 Å². The number of nitrogens with one attached hydrogen (secondary N) is 1. The topological polar surface area (TPSA) is 72.8 Å². The van der Waals surface area contributed by atoms with Gasteiger partial charge in [0.25, 0.3) is 0 Å². The normalized spacial score (nSPS) is 23.2. The lowest BCUT2D eigenvalue weighted by molar-refractivity contribution is -0.158. The third kappa shape index (κ3) is 4.92. The van der Waals surface area contributed by atoms with Gasteiger partial charge in [0.15, 0.2) is 5.60 Å². The van der Waals surface area contributed by atoms with Crippen LogP contribution < -0.4 is 5.32 Å². The minimum Gasteiger partial charge on any atom is -0.479 e. The molecule has 0 bridgehead atoms. The van der Waals surface area contributed by atoms with E-state index < -0.39 is 11.6 Å². The molecule has 1 fully saturated rings. The molecule has 0 saturated carbocycles. The van der Waals surface area contributed by atoms with Gasteiger partial charge in [0.2, 0.25) is 0 Å². The Hall–Kier alpha value is -0.650. The van der Waals surface area contributed by atoms with Gasteiger partial charge >= 0.3 is 5.97 Å². The molecule has 0 aromatic heterocycles. The Morgan fingerprint density at radius 2 is 2.28 bits per heavy atom. The number of aliphatic hydroxyl groups is 1. The predicted molar refractivity (Wildman–Crippen MR) is 70.6 cm³/mol. The maximum atomic E-state index is 11.0. The quantitative estimate of drug-likeness (QED) is 0.597.